The van der Waals surface area contributed by atoms with E-state index in [0.717, 1.165) is 0 Å². The Kier molecular flexibility index (Phi) is 363. The maximum absolute atomic E-state index is 0. The van der Waals surface area contributed by atoms with Crippen LogP contribution in [0.4, 0.5) is 0 Å². The second-order valence-corrected chi connectivity index (χ2v) is 0. The van der Waals surface area contributed by atoms with Gasteiger partial charge in [0.2, 0.25) is 0 Å². The van der Waals surface area contributed by atoms with Crippen LogP contribution in [0.15, 0.2) is 0 Å². The Morgan fingerprint density at radius 3 is 0.600 bits per heavy atom. The van der Waals surface area contributed by atoms with Gasteiger partial charge in [-0.25, -0.2) is 0 Å². The molecule has 0 rings (SSSR count). The summed E-state index contributed by atoms with van der Waals surface area (Å²) in [6.45, 7) is 0. The second kappa shape index (κ2) is 33.3. The van der Waals surface area contributed by atoms with Crippen molar-refractivity contribution in [3.8, 4) is 0 Å². The van der Waals surface area contributed by atoms with Crippen LogP contribution in [0, 0.1) is 0 Å². The van der Waals surface area contributed by atoms with Gasteiger partial charge in [-0.05, 0) is 0 Å². The third-order valence-electron chi connectivity index (χ3n) is 0. The first-order valence-electron chi connectivity index (χ1n) is 0. The molecule has 0 saturated carbocycles. The van der Waals surface area contributed by atoms with Gasteiger partial charge in [-0.15, -0.1) is 61.2 Å². The van der Waals surface area contributed by atoms with Gasteiger partial charge in [0.1, 0.15) is 0 Å². The summed E-state index contributed by atoms with van der Waals surface area (Å²) >= 11 is 0. The van der Waals surface area contributed by atoms with Crippen LogP contribution in [0.3, 0.4) is 0 Å². The summed E-state index contributed by atoms with van der Waals surface area (Å²) in [5.74, 6) is 0. The maximum Gasteiger partial charge on any atom is 0 e. The van der Waals surface area contributed by atoms with E-state index in [1.54, 1.807) is 0 Å². The van der Waals surface area contributed by atoms with Gasteiger partial charge < -0.3 is 0 Å². The molecule has 0 bridgehead atoms. The molecule has 0 aromatic rings. The normalized spacial score (nSPS) is 0. The van der Waals surface area contributed by atoms with E-state index >= 15 is 0 Å². The molecule has 0 aliphatic rings. The van der Waals surface area contributed by atoms with Crippen LogP contribution in [0.2, 0.25) is 0 Å². The van der Waals surface area contributed by atoms with Crippen molar-refractivity contribution < 1.29 is 21.7 Å². The third kappa shape index (κ3) is 21.9. The van der Waals surface area contributed by atoms with Gasteiger partial charge in [-0.2, -0.15) is 0 Å². The minimum Gasteiger partial charge on any atom is -0.147 e. The van der Waals surface area contributed by atoms with Crippen LogP contribution in [-0.4, -0.2) is 0 Å². The van der Waals surface area contributed by atoms with Crippen molar-refractivity contribution in [1.82, 2.24) is 0 Å². The summed E-state index contributed by atoms with van der Waals surface area (Å²) in [6.07, 6.45) is 0. The average Bonchev–Trinajstić information content (AvgIpc) is 0. The fraction of sp³-hybridized carbons (Fsp3) is 0. The van der Waals surface area contributed by atoms with Crippen LogP contribution >= 0.6 is 61.2 Å². The zero-order valence-corrected chi connectivity index (χ0v) is 8.47. The average molecular weight is 285 g/mol. The van der Waals surface area contributed by atoms with E-state index in [2.05, 4.69) is 0 Å². The van der Waals surface area contributed by atoms with Gasteiger partial charge in [0.25, 0.3) is 0 Å². The monoisotopic (exact) mass is 284 g/mol. The quantitative estimate of drug-likeness (QED) is 0.471. The van der Waals surface area contributed by atoms with Crippen LogP contribution in [0.5, 0.6) is 0 Å². The molecule has 5 heavy (non-hydrogen) atoms. The van der Waals surface area contributed by atoms with Crippen LogP contribution in [0.25, 0.3) is 0 Å². The smallest absolute Gasteiger partial charge is 0 e. The molecule has 0 fully saturated rings. The predicted molar refractivity (Wildman–Crippen MR) is 37.2 cm³/mol. The summed E-state index contributed by atoms with van der Waals surface area (Å²) in [5.41, 5.74) is 0. The zero-order chi connectivity index (χ0) is 0. The number of hydrogen-bond acceptors (Lipinski definition) is 0. The number of halogens is 4. The van der Waals surface area contributed by atoms with E-state index in [-0.39, 0.29) is 82.9 Å². The Morgan fingerprint density at radius 2 is 0.600 bits per heavy atom. The molecule has 0 atom stereocenters. The molecule has 0 aromatic heterocycles. The van der Waals surface area contributed by atoms with Crippen molar-refractivity contribution in [2.24, 2.45) is 0 Å². The molecule has 0 aromatic carbocycles. The molecule has 0 saturated heterocycles. The van der Waals surface area contributed by atoms with E-state index in [1.165, 1.54) is 0 Å². The summed E-state index contributed by atoms with van der Waals surface area (Å²) in [7, 11) is 0. The topological polar surface area (TPSA) is 0 Å². The Hall–Kier alpha value is 2.31. The van der Waals surface area contributed by atoms with Crippen LogP contribution in [0.1, 0.15) is 0 Å². The first kappa shape index (κ1) is 54.4. The van der Waals surface area contributed by atoms with Crippen molar-refractivity contribution >= 4 is 61.2 Å². The van der Waals surface area contributed by atoms with Crippen molar-refractivity contribution in [3.05, 3.63) is 0 Å². The molecule has 0 nitrogen and oxygen atoms in total. The molecule has 0 N–H and O–H groups in total. The van der Waals surface area contributed by atoms with Crippen molar-refractivity contribution in [1.29, 1.82) is 0 Å². The molecule has 0 radical (unpaired) electrons. The molecule has 0 aliphatic carbocycles. The Balaban J connectivity index is 0. The van der Waals surface area contributed by atoms with E-state index in [9.17, 15) is 0 Å². The molecule has 0 heterocycles. The molecule has 0 spiro atoms. The Bertz CT molecular complexity index is 6.85. The van der Waals surface area contributed by atoms with Gasteiger partial charge in [-0.3, -0.25) is 0 Å². The number of hydrogen-bond donors (Lipinski definition) is 0. The summed E-state index contributed by atoms with van der Waals surface area (Å²) < 4.78 is 0. The molecule has 0 amide bonds. The maximum atomic E-state index is 0. The van der Waals surface area contributed by atoms with Gasteiger partial charge in [0, 0.05) is 21.7 Å². The van der Waals surface area contributed by atoms with E-state index in [0.29, 0.717) is 0 Å². The third-order valence-corrected chi connectivity index (χ3v) is 0. The van der Waals surface area contributed by atoms with Crippen molar-refractivity contribution in [2.45, 2.75) is 0 Å². The fourth-order valence-electron chi connectivity index (χ4n) is 0. The van der Waals surface area contributed by atoms with Crippen molar-refractivity contribution in [3.63, 3.8) is 0 Å². The van der Waals surface area contributed by atoms with E-state index in [4.69, 9.17) is 0 Å². The van der Waals surface area contributed by atoms with Crippen LogP contribution in [-0.2, 0) is 21.7 Å². The molecular formula is H4Cl3ITi. The Morgan fingerprint density at radius 1 is 0.600 bits per heavy atom. The number of rotatable bonds is 0. The summed E-state index contributed by atoms with van der Waals surface area (Å²) in [5, 5.41) is 0. The van der Waals surface area contributed by atoms with E-state index < -0.39 is 0 Å². The largest absolute Gasteiger partial charge is 0.147 e. The Labute approximate surface area is 82.0 Å². The minimum absolute atomic E-state index is 0. The first-order chi connectivity index (χ1) is 0. The fourth-order valence-corrected chi connectivity index (χ4v) is 0. The first-order valence-corrected chi connectivity index (χ1v) is 0. The minimum atomic E-state index is 0. The summed E-state index contributed by atoms with van der Waals surface area (Å²) in [4.78, 5) is 0. The predicted octanol–water partition coefficient (Wildman–Crippen LogP) is 1.88. The van der Waals surface area contributed by atoms with Crippen molar-refractivity contribution in [2.75, 3.05) is 0 Å². The SMILES string of the molecule is Cl.Cl.Cl.I.[Ti]. The summed E-state index contributed by atoms with van der Waals surface area (Å²) in [6, 6.07) is 0. The molecule has 0 unspecified atom stereocenters. The molecule has 0 aliphatic heterocycles. The van der Waals surface area contributed by atoms with Gasteiger partial charge >= 0.3 is 0 Å². The van der Waals surface area contributed by atoms with Gasteiger partial charge in [0.15, 0.2) is 0 Å². The molecule has 36 valence electrons. The van der Waals surface area contributed by atoms with Gasteiger partial charge in [-0.1, -0.05) is 0 Å². The van der Waals surface area contributed by atoms with Crippen LogP contribution < -0.4 is 0 Å². The second-order valence-electron chi connectivity index (χ2n) is 0. The molecular weight excluding hydrogens is 281 g/mol. The van der Waals surface area contributed by atoms with E-state index in [1.807, 2.05) is 0 Å². The van der Waals surface area contributed by atoms with Gasteiger partial charge in [0.05, 0.1) is 0 Å². The standard InChI is InChI=1S/3ClH.HI.Ti/h4*1H;. The zero-order valence-electron chi connectivity index (χ0n) is 2.13. The molecule has 5 heteroatoms.